The molecule has 0 aliphatic carbocycles. The number of sulfonamides is 1. The molecule has 0 aliphatic heterocycles. The number of hydrogen-bond acceptors (Lipinski definition) is 4. The minimum atomic E-state index is -4.10. The van der Waals surface area contributed by atoms with Gasteiger partial charge in [-0.15, -0.1) is 0 Å². The van der Waals surface area contributed by atoms with Crippen LogP contribution in [0.25, 0.3) is 0 Å². The van der Waals surface area contributed by atoms with E-state index in [-0.39, 0.29) is 5.92 Å². The smallest absolute Gasteiger partial charge is 0.249 e. The summed E-state index contributed by atoms with van der Waals surface area (Å²) >= 11 is 0. The van der Waals surface area contributed by atoms with Gasteiger partial charge in [-0.25, -0.2) is 8.42 Å². The summed E-state index contributed by atoms with van der Waals surface area (Å²) < 4.78 is 23.1. The van der Waals surface area contributed by atoms with Gasteiger partial charge in [0, 0.05) is 0 Å². The van der Waals surface area contributed by atoms with E-state index in [1.165, 1.54) is 13.8 Å². The van der Waals surface area contributed by atoms with Gasteiger partial charge in [0.2, 0.25) is 21.8 Å². The molecule has 0 aliphatic rings. The molecule has 0 heterocycles. The zero-order chi connectivity index (χ0) is 12.4. The van der Waals surface area contributed by atoms with Crippen molar-refractivity contribution in [1.29, 1.82) is 0 Å². The third kappa shape index (κ3) is 2.92. The molecule has 0 rings (SSSR count). The molecule has 0 atom stereocenters. The lowest BCUT2D eigenvalue weighted by Crippen LogP contribution is -2.52. The summed E-state index contributed by atoms with van der Waals surface area (Å²) in [5.74, 6) is -1.49. The van der Waals surface area contributed by atoms with Crippen LogP contribution in [0.2, 0.25) is 0 Å². The molecule has 1 radical (unpaired) electrons. The fraction of sp³-hybridized carbons (Fsp3) is 0.625. The van der Waals surface area contributed by atoms with Gasteiger partial charge in [0.05, 0.1) is 5.92 Å². The molecule has 2 amide bonds. The zero-order valence-electron chi connectivity index (χ0n) is 9.12. The van der Waals surface area contributed by atoms with Gasteiger partial charge in [0.25, 0.3) is 0 Å². The van der Waals surface area contributed by atoms with Crippen LogP contribution in [0.3, 0.4) is 0 Å². The Morgan fingerprint density at radius 1 is 1.20 bits per heavy atom. The van der Waals surface area contributed by atoms with Crippen molar-refractivity contribution in [2.45, 2.75) is 32.4 Å². The predicted octanol–water partition coefficient (Wildman–Crippen LogP) is -0.689. The second-order valence-electron chi connectivity index (χ2n) is 3.81. The molecule has 15 heavy (non-hydrogen) atoms. The van der Waals surface area contributed by atoms with Crippen molar-refractivity contribution in [1.82, 2.24) is 4.72 Å². The van der Waals surface area contributed by atoms with Crippen molar-refractivity contribution < 1.29 is 18.0 Å². The van der Waals surface area contributed by atoms with Gasteiger partial charge in [-0.05, 0) is 27.7 Å². The summed E-state index contributed by atoms with van der Waals surface area (Å²) in [7, 11) is -4.10. The molecular weight excluding hydrogens is 220 g/mol. The van der Waals surface area contributed by atoms with E-state index in [4.69, 9.17) is 5.73 Å². The average Bonchev–Trinajstić information content (AvgIpc) is 2.02. The predicted molar refractivity (Wildman–Crippen MR) is 54.9 cm³/mol. The van der Waals surface area contributed by atoms with Crippen molar-refractivity contribution in [2.75, 3.05) is 0 Å². The quantitative estimate of drug-likeness (QED) is 0.672. The molecule has 7 heteroatoms. The number of nitrogens with one attached hydrogen (secondary N) is 1. The third-order valence-corrected chi connectivity index (χ3v) is 3.95. The van der Waals surface area contributed by atoms with Crippen molar-refractivity contribution >= 4 is 21.8 Å². The summed E-state index contributed by atoms with van der Waals surface area (Å²) in [5, 5.41) is 0. The molecule has 0 aromatic carbocycles. The number of nitrogens with two attached hydrogens (primary N) is 1. The molecule has 0 saturated carbocycles. The lowest BCUT2D eigenvalue weighted by Gasteiger charge is -2.21. The Morgan fingerprint density at radius 3 is 1.87 bits per heavy atom. The molecule has 0 spiro atoms. The Balaban J connectivity index is 5.03. The highest BCUT2D eigenvalue weighted by Crippen LogP contribution is 2.14. The molecule has 0 saturated heterocycles. The number of carbonyl (C=O) groups excluding carboxylic acids is 2. The highest BCUT2D eigenvalue weighted by atomic mass is 32.2. The van der Waals surface area contributed by atoms with E-state index in [0.29, 0.717) is 0 Å². The largest absolute Gasteiger partial charge is 0.368 e. The van der Waals surface area contributed by atoms with E-state index in [0.717, 1.165) is 13.8 Å². The summed E-state index contributed by atoms with van der Waals surface area (Å²) in [6.45, 7) is 5.19. The number of primary amides is 1. The van der Waals surface area contributed by atoms with Crippen molar-refractivity contribution in [3.8, 4) is 0 Å². The lowest BCUT2D eigenvalue weighted by molar-refractivity contribution is -0.119. The van der Waals surface area contributed by atoms with Gasteiger partial charge in [0.1, 0.15) is 0 Å². The fourth-order valence-electron chi connectivity index (χ4n) is 0.484. The van der Waals surface area contributed by atoms with E-state index in [2.05, 4.69) is 0 Å². The first-order chi connectivity index (χ1) is 6.52. The van der Waals surface area contributed by atoms with Gasteiger partial charge in [0.15, 0.2) is 4.75 Å². The van der Waals surface area contributed by atoms with E-state index in [1.807, 2.05) is 0 Å². The van der Waals surface area contributed by atoms with Gasteiger partial charge < -0.3 is 5.73 Å². The van der Waals surface area contributed by atoms with Gasteiger partial charge in [-0.3, -0.25) is 14.3 Å². The minimum absolute atomic E-state index is 0.277. The van der Waals surface area contributed by atoms with E-state index < -0.39 is 26.6 Å². The summed E-state index contributed by atoms with van der Waals surface area (Å²) in [4.78, 5) is 22.1. The number of carbonyl (C=O) groups is 2. The van der Waals surface area contributed by atoms with E-state index >= 15 is 0 Å². The van der Waals surface area contributed by atoms with Crippen molar-refractivity contribution in [3.63, 3.8) is 0 Å². The molecule has 0 bridgehead atoms. The summed E-state index contributed by atoms with van der Waals surface area (Å²) in [6, 6.07) is 0. The van der Waals surface area contributed by atoms with Gasteiger partial charge in [-0.2, -0.15) is 0 Å². The summed E-state index contributed by atoms with van der Waals surface area (Å²) in [5.41, 5.74) is 4.93. The Hall–Kier alpha value is -1.11. The molecule has 0 aromatic heterocycles. The van der Waals surface area contributed by atoms with Crippen LogP contribution in [0.4, 0.5) is 0 Å². The molecular formula is C8H15N2O4S. The topological polar surface area (TPSA) is 106 Å². The first-order valence-electron chi connectivity index (χ1n) is 4.19. The third-order valence-electron chi connectivity index (χ3n) is 1.95. The van der Waals surface area contributed by atoms with Crippen molar-refractivity contribution in [2.24, 2.45) is 5.73 Å². The minimum Gasteiger partial charge on any atom is -0.368 e. The van der Waals surface area contributed by atoms with Crippen LogP contribution in [0.5, 0.6) is 0 Å². The Bertz CT molecular complexity index is 370. The standard InChI is InChI=1S/C8H15N2O4S/c1-5(2)6(11)10-15(13,14)8(3,4)7(9)12/h1-4H3,(H2,9,12)(H,10,11). The Kier molecular flexibility index (Phi) is 3.87. The molecule has 6 nitrogen and oxygen atoms in total. The Labute approximate surface area is 89.3 Å². The number of amides is 2. The molecule has 0 aromatic rings. The first kappa shape index (κ1) is 13.9. The van der Waals surface area contributed by atoms with Crippen molar-refractivity contribution in [3.05, 3.63) is 5.92 Å². The normalized spacial score (nSPS) is 12.6. The first-order valence-corrected chi connectivity index (χ1v) is 5.67. The number of rotatable bonds is 4. The molecule has 3 N–H and O–H groups in total. The van der Waals surface area contributed by atoms with Crippen LogP contribution >= 0.6 is 0 Å². The lowest BCUT2D eigenvalue weighted by atomic mass is 10.2. The fourth-order valence-corrected chi connectivity index (χ4v) is 1.45. The highest BCUT2D eigenvalue weighted by molar-refractivity contribution is 7.92. The van der Waals surface area contributed by atoms with Crippen LogP contribution in [-0.2, 0) is 19.6 Å². The zero-order valence-corrected chi connectivity index (χ0v) is 9.94. The van der Waals surface area contributed by atoms with E-state index in [9.17, 15) is 18.0 Å². The van der Waals surface area contributed by atoms with E-state index in [1.54, 1.807) is 4.72 Å². The van der Waals surface area contributed by atoms with Crippen LogP contribution < -0.4 is 10.5 Å². The van der Waals surface area contributed by atoms with Crippen LogP contribution in [0.1, 0.15) is 27.7 Å². The monoisotopic (exact) mass is 235 g/mol. The van der Waals surface area contributed by atoms with Crippen LogP contribution in [-0.4, -0.2) is 25.0 Å². The highest BCUT2D eigenvalue weighted by Gasteiger charge is 2.41. The maximum Gasteiger partial charge on any atom is 0.249 e. The van der Waals surface area contributed by atoms with Crippen LogP contribution in [0, 0.1) is 5.92 Å². The second kappa shape index (κ2) is 4.18. The van der Waals surface area contributed by atoms with Crippen LogP contribution in [0.15, 0.2) is 0 Å². The molecule has 0 fully saturated rings. The maximum atomic E-state index is 11.6. The van der Waals surface area contributed by atoms with Gasteiger partial charge in [-0.1, -0.05) is 0 Å². The Morgan fingerprint density at radius 2 is 1.60 bits per heavy atom. The summed E-state index contributed by atoms with van der Waals surface area (Å²) in [6.07, 6.45) is 0. The number of hydrogen-bond donors (Lipinski definition) is 2. The SMILES string of the molecule is C[C](C)C(=O)NS(=O)(=O)C(C)(C)C(N)=O. The molecule has 0 unspecified atom stereocenters. The second-order valence-corrected chi connectivity index (χ2v) is 6.04. The maximum absolute atomic E-state index is 11.6. The van der Waals surface area contributed by atoms with Gasteiger partial charge >= 0.3 is 0 Å². The average molecular weight is 235 g/mol. The molecule has 87 valence electrons.